The molecule has 2 aliphatic heterocycles. The molecule has 2 aromatic rings. The van der Waals surface area contributed by atoms with E-state index in [-0.39, 0.29) is 6.03 Å². The van der Waals surface area contributed by atoms with E-state index in [0.29, 0.717) is 31.2 Å². The molecule has 2 saturated heterocycles. The number of carbonyl (C=O) groups excluding carboxylic acids is 1. The number of methoxy groups -OCH3 is 2. The molecule has 7 nitrogen and oxygen atoms in total. The minimum Gasteiger partial charge on any atom is -0.496 e. The monoisotopic (exact) mass is 495 g/mol. The van der Waals surface area contributed by atoms with Crippen LogP contribution in [-0.2, 0) is 13.1 Å². The van der Waals surface area contributed by atoms with Gasteiger partial charge in [0.05, 0.1) is 27.4 Å². The summed E-state index contributed by atoms with van der Waals surface area (Å²) in [5, 5.41) is 0. The van der Waals surface area contributed by atoms with Gasteiger partial charge in [0.1, 0.15) is 5.75 Å². The highest BCUT2D eigenvalue weighted by Gasteiger charge is 2.28. The van der Waals surface area contributed by atoms with Gasteiger partial charge in [0, 0.05) is 37.0 Å². The van der Waals surface area contributed by atoms with Gasteiger partial charge in [0.2, 0.25) is 0 Å². The van der Waals surface area contributed by atoms with E-state index in [1.54, 1.807) is 14.2 Å². The van der Waals surface area contributed by atoms with Gasteiger partial charge in [-0.2, -0.15) is 0 Å². The topological polar surface area (TPSA) is 54.5 Å². The molecule has 0 saturated carbocycles. The number of likely N-dealkylation sites (tertiary alicyclic amines) is 1. The van der Waals surface area contributed by atoms with Crippen LogP contribution in [0, 0.1) is 0 Å². The number of amides is 2. The molecule has 36 heavy (non-hydrogen) atoms. The first-order chi connectivity index (χ1) is 17.6. The molecule has 2 aromatic carbocycles. The second kappa shape index (κ2) is 12.9. The number of hydrogen-bond donors (Lipinski definition) is 0. The Kier molecular flexibility index (Phi) is 9.34. The molecule has 0 spiro atoms. The number of ether oxygens (including phenoxy) is 3. The van der Waals surface area contributed by atoms with Crippen molar-refractivity contribution < 1.29 is 19.0 Å². The van der Waals surface area contributed by atoms with E-state index in [2.05, 4.69) is 30.0 Å². The Balaban J connectivity index is 1.45. The Bertz CT molecular complexity index is 1010. The average molecular weight is 496 g/mol. The lowest BCUT2D eigenvalue weighted by atomic mass is 10.1. The van der Waals surface area contributed by atoms with Crippen LogP contribution < -0.4 is 19.1 Å². The van der Waals surface area contributed by atoms with Crippen molar-refractivity contribution in [3.05, 3.63) is 47.5 Å². The van der Waals surface area contributed by atoms with Gasteiger partial charge in [-0.05, 0) is 62.5 Å². The van der Waals surface area contributed by atoms with Crippen molar-refractivity contribution in [3.63, 3.8) is 0 Å². The number of unbranched alkanes of at least 4 members (excludes halogenated alkanes) is 2. The number of hydrogen-bond acceptors (Lipinski definition) is 5. The van der Waals surface area contributed by atoms with Gasteiger partial charge in [-0.15, -0.1) is 0 Å². The third-order valence-corrected chi connectivity index (χ3v) is 7.09. The fourth-order valence-corrected chi connectivity index (χ4v) is 5.07. The Morgan fingerprint density at radius 2 is 1.61 bits per heavy atom. The molecule has 0 aliphatic carbocycles. The van der Waals surface area contributed by atoms with E-state index in [1.165, 1.54) is 31.5 Å². The SMILES string of the molecule is CCCCCOc1cc(N2CCCN(Cc3ccc(CN4CCCC4)cc3OC)C2=O)ccc1OC. The standard InChI is InChI=1S/C29H41N3O4/c1-4-5-8-18-36-28-20-25(12-13-26(28)34-2)32-17-9-16-31(29(32)33)22-24-11-10-23(19-27(24)35-3)21-30-14-6-7-15-30/h10-13,19-20H,4-9,14-18,21-22H2,1-3H3. The van der Waals surface area contributed by atoms with Gasteiger partial charge in [0.25, 0.3) is 0 Å². The van der Waals surface area contributed by atoms with Crippen LogP contribution in [0.5, 0.6) is 17.2 Å². The molecule has 0 unspecified atom stereocenters. The molecular weight excluding hydrogens is 454 g/mol. The molecule has 7 heteroatoms. The van der Waals surface area contributed by atoms with E-state index in [4.69, 9.17) is 14.2 Å². The summed E-state index contributed by atoms with van der Waals surface area (Å²) >= 11 is 0. The summed E-state index contributed by atoms with van der Waals surface area (Å²) in [4.78, 5) is 19.8. The lowest BCUT2D eigenvalue weighted by Gasteiger charge is -2.36. The molecule has 0 bridgehead atoms. The normalized spacial score (nSPS) is 16.5. The number of anilines is 1. The summed E-state index contributed by atoms with van der Waals surface area (Å²) in [6, 6.07) is 12.2. The largest absolute Gasteiger partial charge is 0.496 e. The maximum atomic E-state index is 13.5. The third kappa shape index (κ3) is 6.44. The summed E-state index contributed by atoms with van der Waals surface area (Å²) in [7, 11) is 3.35. The molecule has 2 heterocycles. The minimum absolute atomic E-state index is 0.00606. The van der Waals surface area contributed by atoms with E-state index in [9.17, 15) is 4.79 Å². The van der Waals surface area contributed by atoms with Gasteiger partial charge in [0.15, 0.2) is 11.5 Å². The number of carbonyl (C=O) groups is 1. The molecule has 0 N–H and O–H groups in total. The zero-order chi connectivity index (χ0) is 25.3. The predicted octanol–water partition coefficient (Wildman–Crippen LogP) is 5.70. The highest BCUT2D eigenvalue weighted by Crippen LogP contribution is 2.34. The zero-order valence-corrected chi connectivity index (χ0v) is 22.1. The van der Waals surface area contributed by atoms with Crippen molar-refractivity contribution in [1.29, 1.82) is 0 Å². The minimum atomic E-state index is 0.00606. The fourth-order valence-electron chi connectivity index (χ4n) is 5.07. The van der Waals surface area contributed by atoms with Crippen LogP contribution in [0.4, 0.5) is 10.5 Å². The van der Waals surface area contributed by atoms with Gasteiger partial charge >= 0.3 is 6.03 Å². The van der Waals surface area contributed by atoms with Crippen molar-refractivity contribution >= 4 is 11.7 Å². The van der Waals surface area contributed by atoms with Crippen LogP contribution in [0.2, 0.25) is 0 Å². The Labute approximate surface area is 215 Å². The van der Waals surface area contributed by atoms with Gasteiger partial charge in [-0.25, -0.2) is 4.79 Å². The summed E-state index contributed by atoms with van der Waals surface area (Å²) in [6.07, 6.45) is 6.74. The lowest BCUT2D eigenvalue weighted by molar-refractivity contribution is 0.191. The molecule has 2 aliphatic rings. The third-order valence-electron chi connectivity index (χ3n) is 7.09. The number of nitrogens with zero attached hydrogens (tertiary/aromatic N) is 3. The Morgan fingerprint density at radius 1 is 0.806 bits per heavy atom. The highest BCUT2D eigenvalue weighted by atomic mass is 16.5. The van der Waals surface area contributed by atoms with Crippen molar-refractivity contribution in [2.24, 2.45) is 0 Å². The van der Waals surface area contributed by atoms with Crippen molar-refractivity contribution in [3.8, 4) is 17.2 Å². The molecule has 4 rings (SSSR count). The van der Waals surface area contributed by atoms with Crippen LogP contribution in [0.1, 0.15) is 56.6 Å². The van der Waals surface area contributed by atoms with E-state index < -0.39 is 0 Å². The second-order valence-corrected chi connectivity index (χ2v) is 9.73. The summed E-state index contributed by atoms with van der Waals surface area (Å²) in [6.45, 7) is 8.03. The maximum Gasteiger partial charge on any atom is 0.324 e. The summed E-state index contributed by atoms with van der Waals surface area (Å²) < 4.78 is 17.2. The molecule has 0 atom stereocenters. The number of urea groups is 1. The Morgan fingerprint density at radius 3 is 2.36 bits per heavy atom. The molecule has 2 amide bonds. The number of rotatable bonds is 12. The van der Waals surface area contributed by atoms with E-state index in [0.717, 1.165) is 55.8 Å². The second-order valence-electron chi connectivity index (χ2n) is 9.73. The molecule has 0 radical (unpaired) electrons. The van der Waals surface area contributed by atoms with Crippen LogP contribution in [-0.4, -0.2) is 62.8 Å². The molecular formula is C29H41N3O4. The average Bonchev–Trinajstić information content (AvgIpc) is 3.41. The first-order valence-electron chi connectivity index (χ1n) is 13.4. The lowest BCUT2D eigenvalue weighted by Crippen LogP contribution is -2.49. The van der Waals surface area contributed by atoms with Gasteiger partial charge < -0.3 is 19.1 Å². The highest BCUT2D eigenvalue weighted by molar-refractivity contribution is 5.93. The van der Waals surface area contributed by atoms with Crippen LogP contribution >= 0.6 is 0 Å². The van der Waals surface area contributed by atoms with Crippen LogP contribution in [0.25, 0.3) is 0 Å². The first kappa shape index (κ1) is 26.1. The molecule has 2 fully saturated rings. The fraction of sp³-hybridized carbons (Fsp3) is 0.552. The first-order valence-corrected chi connectivity index (χ1v) is 13.4. The van der Waals surface area contributed by atoms with Crippen molar-refractivity contribution in [1.82, 2.24) is 9.80 Å². The maximum absolute atomic E-state index is 13.5. The van der Waals surface area contributed by atoms with Crippen molar-refractivity contribution in [2.45, 2.75) is 58.5 Å². The number of benzene rings is 2. The molecule has 0 aromatic heterocycles. The Hall–Kier alpha value is -2.93. The van der Waals surface area contributed by atoms with E-state index >= 15 is 0 Å². The summed E-state index contributed by atoms with van der Waals surface area (Å²) in [5.41, 5.74) is 3.13. The molecule has 196 valence electrons. The van der Waals surface area contributed by atoms with E-state index in [1.807, 2.05) is 28.0 Å². The van der Waals surface area contributed by atoms with Crippen LogP contribution in [0.3, 0.4) is 0 Å². The zero-order valence-electron chi connectivity index (χ0n) is 22.1. The quantitative estimate of drug-likeness (QED) is 0.354. The smallest absolute Gasteiger partial charge is 0.324 e. The van der Waals surface area contributed by atoms with Gasteiger partial charge in [-0.3, -0.25) is 9.80 Å². The van der Waals surface area contributed by atoms with Crippen LogP contribution in [0.15, 0.2) is 36.4 Å². The van der Waals surface area contributed by atoms with Crippen molar-refractivity contribution in [2.75, 3.05) is 51.9 Å². The predicted molar refractivity (Wildman–Crippen MR) is 143 cm³/mol. The van der Waals surface area contributed by atoms with Gasteiger partial charge in [-0.1, -0.05) is 31.9 Å². The summed E-state index contributed by atoms with van der Waals surface area (Å²) in [5.74, 6) is 2.23.